The molecule has 4 unspecified atom stereocenters. The number of hydrogen-bond donors (Lipinski definition) is 5. The smallest absolute Gasteiger partial charge is 0.176 e. The van der Waals surface area contributed by atoms with Gasteiger partial charge in [0.15, 0.2) is 11.6 Å². The van der Waals surface area contributed by atoms with Crippen molar-refractivity contribution in [3.8, 4) is 0 Å². The molecule has 0 amide bonds. The maximum atomic E-state index is 6.25. The monoisotopic (exact) mass is 397 g/mol. The van der Waals surface area contributed by atoms with E-state index in [1.54, 1.807) is 0 Å². The maximum absolute atomic E-state index is 6.25. The molecule has 2 aliphatic rings. The van der Waals surface area contributed by atoms with Gasteiger partial charge in [0.05, 0.1) is 5.69 Å². The lowest BCUT2D eigenvalue weighted by Crippen LogP contribution is -2.53. The number of piperidine rings is 2. The van der Waals surface area contributed by atoms with Crippen LogP contribution >= 0.6 is 0 Å². The Hall–Kier alpha value is -2.46. The Labute approximate surface area is 171 Å². The first-order chi connectivity index (χ1) is 14.0. The molecule has 2 fully saturated rings. The van der Waals surface area contributed by atoms with E-state index in [1.807, 2.05) is 36.4 Å². The third-order valence-corrected chi connectivity index (χ3v) is 5.49. The average molecular weight is 398 g/mol. The molecule has 9 heteroatoms. The number of para-hydroxylation sites is 1. The summed E-state index contributed by atoms with van der Waals surface area (Å²) < 4.78 is 0. The van der Waals surface area contributed by atoms with Crippen LogP contribution in [-0.4, -0.2) is 60.5 Å². The fourth-order valence-corrected chi connectivity index (χ4v) is 4.26. The van der Waals surface area contributed by atoms with Gasteiger partial charge in [-0.15, -0.1) is 10.2 Å². The third kappa shape index (κ3) is 4.76. The molecule has 2 saturated heterocycles. The summed E-state index contributed by atoms with van der Waals surface area (Å²) in [6.45, 7) is 2.88. The molecule has 4 rings (SSSR count). The topological polar surface area (TPSA) is 148 Å². The summed E-state index contributed by atoms with van der Waals surface area (Å²) >= 11 is 0. The van der Waals surface area contributed by atoms with E-state index >= 15 is 0 Å². The molecule has 0 aliphatic carbocycles. The Morgan fingerprint density at radius 2 is 1.31 bits per heavy atom. The molecule has 2 aliphatic heterocycles. The van der Waals surface area contributed by atoms with E-state index in [-0.39, 0.29) is 24.2 Å². The Morgan fingerprint density at radius 1 is 0.759 bits per heavy atom. The van der Waals surface area contributed by atoms with Crippen LogP contribution in [0.3, 0.4) is 0 Å². The van der Waals surface area contributed by atoms with Crippen LogP contribution in [0, 0.1) is 0 Å². The summed E-state index contributed by atoms with van der Waals surface area (Å²) in [6.07, 6.45) is 1.64. The van der Waals surface area contributed by atoms with Crippen molar-refractivity contribution in [1.82, 2.24) is 10.2 Å². The second-order valence-corrected chi connectivity index (χ2v) is 8.25. The molecule has 4 atom stereocenters. The molecule has 0 bridgehead atoms. The van der Waals surface area contributed by atoms with E-state index in [9.17, 15) is 0 Å². The van der Waals surface area contributed by atoms with Gasteiger partial charge in [0.25, 0.3) is 0 Å². The highest BCUT2D eigenvalue weighted by molar-refractivity contribution is 5.74. The minimum atomic E-state index is 0.0248. The Bertz CT molecular complexity index is 795. The standard InChI is InChI=1S/C20H31N9/c21-13-6-14(22)10-28(9-13)18-8-19(29-11-15(23)7-16(24)12-29)26-27-20(18)25-17-4-2-1-3-5-17/h1-5,8,13-16H,6-7,9-12,21-24H2,(H,25,27). The van der Waals surface area contributed by atoms with Crippen LogP contribution in [0.15, 0.2) is 36.4 Å². The summed E-state index contributed by atoms with van der Waals surface area (Å²) in [5, 5.41) is 12.4. The van der Waals surface area contributed by atoms with Gasteiger partial charge in [-0.05, 0) is 25.0 Å². The Balaban J connectivity index is 1.67. The fraction of sp³-hybridized carbons (Fsp3) is 0.500. The molecular formula is C20H31N9. The Kier molecular flexibility index (Phi) is 5.81. The van der Waals surface area contributed by atoms with Crippen LogP contribution in [0.2, 0.25) is 0 Å². The summed E-state index contributed by atoms with van der Waals surface area (Å²) in [5.41, 5.74) is 26.7. The number of hydrogen-bond acceptors (Lipinski definition) is 9. The van der Waals surface area contributed by atoms with Gasteiger partial charge in [-0.3, -0.25) is 0 Å². The quantitative estimate of drug-likeness (QED) is 0.479. The first-order valence-corrected chi connectivity index (χ1v) is 10.2. The third-order valence-electron chi connectivity index (χ3n) is 5.49. The zero-order valence-electron chi connectivity index (χ0n) is 16.6. The predicted molar refractivity (Wildman–Crippen MR) is 117 cm³/mol. The molecule has 9 N–H and O–H groups in total. The van der Waals surface area contributed by atoms with E-state index < -0.39 is 0 Å². The summed E-state index contributed by atoms with van der Waals surface area (Å²) in [5.74, 6) is 1.46. The molecule has 1 aromatic heterocycles. The van der Waals surface area contributed by atoms with E-state index in [1.165, 1.54) is 0 Å². The molecule has 9 nitrogen and oxygen atoms in total. The Morgan fingerprint density at radius 3 is 1.90 bits per heavy atom. The minimum Gasteiger partial charge on any atom is -0.365 e. The highest BCUT2D eigenvalue weighted by Crippen LogP contribution is 2.32. The molecule has 3 heterocycles. The number of rotatable bonds is 4. The van der Waals surface area contributed by atoms with Gasteiger partial charge in [0.1, 0.15) is 0 Å². The van der Waals surface area contributed by atoms with E-state index in [0.29, 0.717) is 18.9 Å². The van der Waals surface area contributed by atoms with Crippen LogP contribution in [0.4, 0.5) is 23.0 Å². The van der Waals surface area contributed by atoms with Crippen LogP contribution in [-0.2, 0) is 0 Å². The number of nitrogens with one attached hydrogen (secondary N) is 1. The van der Waals surface area contributed by atoms with Gasteiger partial charge in [0, 0.05) is 62.1 Å². The molecule has 1 aromatic carbocycles. The highest BCUT2D eigenvalue weighted by Gasteiger charge is 2.28. The predicted octanol–water partition coefficient (Wildman–Crippen LogP) is -0.0504. The van der Waals surface area contributed by atoms with Crippen molar-refractivity contribution in [2.45, 2.75) is 37.0 Å². The zero-order valence-corrected chi connectivity index (χ0v) is 16.6. The van der Waals surface area contributed by atoms with Crippen molar-refractivity contribution < 1.29 is 0 Å². The number of benzene rings is 1. The lowest BCUT2D eigenvalue weighted by molar-refractivity contribution is 0.447. The summed E-state index contributed by atoms with van der Waals surface area (Å²) in [4.78, 5) is 4.32. The second-order valence-electron chi connectivity index (χ2n) is 8.25. The molecule has 2 aromatic rings. The van der Waals surface area contributed by atoms with Gasteiger partial charge >= 0.3 is 0 Å². The van der Waals surface area contributed by atoms with Gasteiger partial charge in [0.2, 0.25) is 0 Å². The first kappa shape index (κ1) is 19.8. The lowest BCUT2D eigenvalue weighted by Gasteiger charge is -2.38. The minimum absolute atomic E-state index is 0.0248. The summed E-state index contributed by atoms with van der Waals surface area (Å²) in [6, 6.07) is 12.1. The normalized spacial score (nSPS) is 27.7. The number of anilines is 4. The van der Waals surface area contributed by atoms with E-state index in [2.05, 4.69) is 25.3 Å². The molecule has 0 saturated carbocycles. The largest absolute Gasteiger partial charge is 0.365 e. The van der Waals surface area contributed by atoms with Gasteiger partial charge in [-0.2, -0.15) is 0 Å². The van der Waals surface area contributed by atoms with Crippen LogP contribution in [0.25, 0.3) is 0 Å². The average Bonchev–Trinajstić information content (AvgIpc) is 2.67. The number of nitrogens with two attached hydrogens (primary N) is 4. The van der Waals surface area contributed by atoms with Crippen molar-refractivity contribution >= 4 is 23.0 Å². The van der Waals surface area contributed by atoms with Gasteiger partial charge in [-0.25, -0.2) is 0 Å². The molecule has 0 spiro atoms. The van der Waals surface area contributed by atoms with Crippen molar-refractivity contribution in [2.75, 3.05) is 41.3 Å². The van der Waals surface area contributed by atoms with E-state index in [4.69, 9.17) is 22.9 Å². The van der Waals surface area contributed by atoms with Crippen LogP contribution < -0.4 is 38.1 Å². The summed E-state index contributed by atoms with van der Waals surface area (Å²) in [7, 11) is 0. The highest BCUT2D eigenvalue weighted by atomic mass is 15.3. The van der Waals surface area contributed by atoms with Crippen molar-refractivity contribution in [3.63, 3.8) is 0 Å². The molecule has 29 heavy (non-hydrogen) atoms. The van der Waals surface area contributed by atoms with Crippen molar-refractivity contribution in [1.29, 1.82) is 0 Å². The second kappa shape index (κ2) is 8.50. The molecular weight excluding hydrogens is 366 g/mol. The van der Waals surface area contributed by atoms with Crippen LogP contribution in [0.1, 0.15) is 12.8 Å². The maximum Gasteiger partial charge on any atom is 0.176 e. The first-order valence-electron chi connectivity index (χ1n) is 10.2. The van der Waals surface area contributed by atoms with Gasteiger partial charge < -0.3 is 38.1 Å². The fourth-order valence-electron chi connectivity index (χ4n) is 4.26. The van der Waals surface area contributed by atoms with Gasteiger partial charge in [-0.1, -0.05) is 18.2 Å². The van der Waals surface area contributed by atoms with Crippen molar-refractivity contribution in [2.24, 2.45) is 22.9 Å². The SMILES string of the molecule is NC1CC(N)CN(c2cc(N3CC(N)CC(N)C3)c(Nc3ccccc3)nn2)C1. The zero-order chi connectivity index (χ0) is 20.4. The lowest BCUT2D eigenvalue weighted by atomic mass is 10.0. The van der Waals surface area contributed by atoms with Crippen LogP contribution in [0.5, 0.6) is 0 Å². The number of nitrogens with zero attached hydrogens (tertiary/aromatic N) is 4. The molecule has 156 valence electrons. The van der Waals surface area contributed by atoms with E-state index in [0.717, 1.165) is 43.1 Å². The van der Waals surface area contributed by atoms with Crippen molar-refractivity contribution in [3.05, 3.63) is 36.4 Å². The molecule has 0 radical (unpaired) electrons. The number of aromatic nitrogens is 2.